The molecule has 0 spiro atoms. The first kappa shape index (κ1) is 20.9. The molecular weight excluding hydrogens is 399 g/mol. The molecule has 2 rings (SSSR count). The molecule has 1 N–H and O–H groups in total. The van der Waals surface area contributed by atoms with Crippen LogP contribution in [0.3, 0.4) is 0 Å². The third kappa shape index (κ3) is 5.54. The molecule has 0 unspecified atom stereocenters. The van der Waals surface area contributed by atoms with Crippen LogP contribution in [0.1, 0.15) is 19.8 Å². The third-order valence-electron chi connectivity index (χ3n) is 3.72. The Hall–Kier alpha value is -2.39. The average molecular weight is 417 g/mol. The second kappa shape index (κ2) is 9.01. The Morgan fingerprint density at radius 1 is 1.37 bits per heavy atom. The van der Waals surface area contributed by atoms with E-state index in [2.05, 4.69) is 10.3 Å². The number of aromatic nitrogens is 1. The Balaban J connectivity index is 1.77. The number of nitrogens with one attached hydrogen (secondary N) is 1. The Bertz CT molecular complexity index is 773. The minimum Gasteiger partial charge on any atom is -0.453 e. The maximum Gasteiger partial charge on any atom is 0.326 e. The summed E-state index contributed by atoms with van der Waals surface area (Å²) in [6, 6.07) is 1.02. The highest BCUT2D eigenvalue weighted by Gasteiger charge is 2.33. The quantitative estimate of drug-likeness (QED) is 0.537. The van der Waals surface area contributed by atoms with E-state index in [0.717, 1.165) is 4.90 Å². The largest absolute Gasteiger partial charge is 0.453 e. The van der Waals surface area contributed by atoms with E-state index in [4.69, 9.17) is 27.9 Å². The first-order chi connectivity index (χ1) is 12.7. The Labute approximate surface area is 165 Å². The van der Waals surface area contributed by atoms with Gasteiger partial charge >= 0.3 is 12.0 Å². The second-order valence-electron chi connectivity index (χ2n) is 5.89. The number of urea groups is 1. The van der Waals surface area contributed by atoms with Crippen molar-refractivity contribution in [3.8, 4) is 0 Å². The standard InChI is InChI=1S/C16H18Cl2N4O5/c1-9(15(25)20-14-11(18)6-10(17)7-19-14)27-13(24)4-3-5-22-12(23)8-21(2)16(22)26/h6-7,9H,3-5,8H2,1-2H3,(H,19,20,25)/t9-/m0/s1. The van der Waals surface area contributed by atoms with Gasteiger partial charge in [0.15, 0.2) is 11.9 Å². The maximum atomic E-state index is 12.1. The molecule has 146 valence electrons. The van der Waals surface area contributed by atoms with E-state index in [0.29, 0.717) is 5.02 Å². The van der Waals surface area contributed by atoms with Gasteiger partial charge in [0, 0.05) is 26.2 Å². The SMILES string of the molecule is C[C@H](OC(=O)CCCN1C(=O)CN(C)C1=O)C(=O)Nc1ncc(Cl)cc1Cl. The molecular formula is C16H18Cl2N4O5. The van der Waals surface area contributed by atoms with Gasteiger partial charge in [0.2, 0.25) is 5.91 Å². The number of likely N-dealkylation sites (N-methyl/N-ethyl adjacent to an activating group) is 1. The van der Waals surface area contributed by atoms with Crippen molar-refractivity contribution in [2.24, 2.45) is 0 Å². The minimum atomic E-state index is -1.08. The van der Waals surface area contributed by atoms with Crippen LogP contribution in [-0.2, 0) is 19.1 Å². The van der Waals surface area contributed by atoms with E-state index in [-0.39, 0.29) is 42.7 Å². The zero-order valence-electron chi connectivity index (χ0n) is 14.7. The van der Waals surface area contributed by atoms with Crippen LogP contribution < -0.4 is 5.32 Å². The summed E-state index contributed by atoms with van der Waals surface area (Å²) in [5.74, 6) is -1.44. The van der Waals surface area contributed by atoms with E-state index in [1.54, 1.807) is 0 Å². The molecule has 2 heterocycles. The highest BCUT2D eigenvalue weighted by atomic mass is 35.5. The fraction of sp³-hybridized carbons (Fsp3) is 0.438. The lowest BCUT2D eigenvalue weighted by molar-refractivity contribution is -0.153. The van der Waals surface area contributed by atoms with Crippen LogP contribution in [0.15, 0.2) is 12.3 Å². The molecule has 1 saturated heterocycles. The van der Waals surface area contributed by atoms with Crippen LogP contribution in [0.25, 0.3) is 0 Å². The molecule has 1 aromatic rings. The van der Waals surface area contributed by atoms with Crippen LogP contribution in [0, 0.1) is 0 Å². The lowest BCUT2D eigenvalue weighted by Crippen LogP contribution is -2.33. The highest BCUT2D eigenvalue weighted by Crippen LogP contribution is 2.22. The summed E-state index contributed by atoms with van der Waals surface area (Å²) in [4.78, 5) is 53.5. The lowest BCUT2D eigenvalue weighted by atomic mass is 10.3. The van der Waals surface area contributed by atoms with Gasteiger partial charge in [-0.05, 0) is 19.4 Å². The van der Waals surface area contributed by atoms with Crippen LogP contribution in [0.2, 0.25) is 10.0 Å². The van der Waals surface area contributed by atoms with E-state index in [9.17, 15) is 19.2 Å². The molecule has 0 radical (unpaired) electrons. The monoisotopic (exact) mass is 416 g/mol. The smallest absolute Gasteiger partial charge is 0.326 e. The number of anilines is 1. The topological polar surface area (TPSA) is 109 Å². The molecule has 9 nitrogen and oxygen atoms in total. The molecule has 0 saturated carbocycles. The number of esters is 1. The van der Waals surface area contributed by atoms with Crippen LogP contribution in [0.5, 0.6) is 0 Å². The van der Waals surface area contributed by atoms with Gasteiger partial charge in [0.25, 0.3) is 5.91 Å². The number of pyridine rings is 1. The normalized spacial score (nSPS) is 15.1. The van der Waals surface area contributed by atoms with Crippen molar-refractivity contribution < 1.29 is 23.9 Å². The number of hydrogen-bond donors (Lipinski definition) is 1. The van der Waals surface area contributed by atoms with Gasteiger partial charge < -0.3 is 15.0 Å². The van der Waals surface area contributed by atoms with E-state index >= 15 is 0 Å². The number of halogens is 2. The molecule has 11 heteroatoms. The maximum absolute atomic E-state index is 12.1. The van der Waals surface area contributed by atoms with E-state index < -0.39 is 24.0 Å². The van der Waals surface area contributed by atoms with Gasteiger partial charge in [-0.1, -0.05) is 23.2 Å². The van der Waals surface area contributed by atoms with Crippen molar-refractivity contribution in [2.75, 3.05) is 25.5 Å². The number of rotatable bonds is 7. The molecule has 0 aromatic carbocycles. The third-order valence-corrected chi connectivity index (χ3v) is 4.22. The molecule has 0 aliphatic carbocycles. The van der Waals surface area contributed by atoms with Crippen molar-refractivity contribution in [3.05, 3.63) is 22.3 Å². The van der Waals surface area contributed by atoms with Gasteiger partial charge in [0.1, 0.15) is 6.54 Å². The summed E-state index contributed by atoms with van der Waals surface area (Å²) in [5.41, 5.74) is 0. The number of hydrogen-bond acceptors (Lipinski definition) is 6. The summed E-state index contributed by atoms with van der Waals surface area (Å²) >= 11 is 11.6. The van der Waals surface area contributed by atoms with Gasteiger partial charge in [-0.25, -0.2) is 9.78 Å². The highest BCUT2D eigenvalue weighted by molar-refractivity contribution is 6.36. The molecule has 1 aliphatic rings. The molecule has 0 bridgehead atoms. The number of imide groups is 1. The Kier molecular flexibility index (Phi) is 6.98. The minimum absolute atomic E-state index is 0.0295. The number of amides is 4. The van der Waals surface area contributed by atoms with E-state index in [1.165, 1.54) is 31.1 Å². The van der Waals surface area contributed by atoms with Crippen molar-refractivity contribution in [1.82, 2.24) is 14.8 Å². The van der Waals surface area contributed by atoms with Crippen molar-refractivity contribution in [2.45, 2.75) is 25.9 Å². The van der Waals surface area contributed by atoms with Crippen molar-refractivity contribution in [3.63, 3.8) is 0 Å². The first-order valence-electron chi connectivity index (χ1n) is 8.06. The van der Waals surface area contributed by atoms with Crippen LogP contribution in [-0.4, -0.2) is 64.8 Å². The van der Waals surface area contributed by atoms with Crippen molar-refractivity contribution in [1.29, 1.82) is 0 Å². The predicted molar refractivity (Wildman–Crippen MR) is 97.4 cm³/mol. The summed E-state index contributed by atoms with van der Waals surface area (Å²) in [6.45, 7) is 1.54. The Morgan fingerprint density at radius 2 is 2.07 bits per heavy atom. The number of nitrogens with zero attached hydrogens (tertiary/aromatic N) is 3. The summed E-state index contributed by atoms with van der Waals surface area (Å²) in [6.07, 6.45) is 0.437. The molecule has 1 aliphatic heterocycles. The van der Waals surface area contributed by atoms with Gasteiger partial charge in [0.05, 0.1) is 10.0 Å². The second-order valence-corrected chi connectivity index (χ2v) is 6.74. The van der Waals surface area contributed by atoms with Crippen molar-refractivity contribution >= 4 is 52.8 Å². The molecule has 1 atom stereocenters. The van der Waals surface area contributed by atoms with Gasteiger partial charge in [-0.3, -0.25) is 19.3 Å². The molecule has 1 fully saturated rings. The molecule has 1 aromatic heterocycles. The lowest BCUT2D eigenvalue weighted by Gasteiger charge is -2.15. The molecule has 27 heavy (non-hydrogen) atoms. The summed E-state index contributed by atoms with van der Waals surface area (Å²) in [5, 5.41) is 2.91. The first-order valence-corrected chi connectivity index (χ1v) is 8.81. The van der Waals surface area contributed by atoms with Gasteiger partial charge in [-0.15, -0.1) is 0 Å². The number of carbonyl (C=O) groups is 4. The fourth-order valence-electron chi connectivity index (χ4n) is 2.30. The number of ether oxygens (including phenoxy) is 1. The number of carbonyl (C=O) groups excluding carboxylic acids is 4. The zero-order chi connectivity index (χ0) is 20.1. The Morgan fingerprint density at radius 3 is 2.67 bits per heavy atom. The molecule has 4 amide bonds. The van der Waals surface area contributed by atoms with Crippen LogP contribution >= 0.6 is 23.2 Å². The average Bonchev–Trinajstić information content (AvgIpc) is 2.83. The van der Waals surface area contributed by atoms with Crippen LogP contribution in [0.4, 0.5) is 10.6 Å². The predicted octanol–water partition coefficient (Wildman–Crippen LogP) is 1.93. The zero-order valence-corrected chi connectivity index (χ0v) is 16.2. The summed E-state index contributed by atoms with van der Waals surface area (Å²) < 4.78 is 5.04. The fourth-order valence-corrected chi connectivity index (χ4v) is 2.73. The van der Waals surface area contributed by atoms with Gasteiger partial charge in [-0.2, -0.15) is 0 Å². The van der Waals surface area contributed by atoms with E-state index in [1.807, 2.05) is 0 Å². The summed E-state index contributed by atoms with van der Waals surface area (Å²) in [7, 11) is 1.52.